The van der Waals surface area contributed by atoms with E-state index in [1.165, 1.54) is 23.5 Å². The van der Waals surface area contributed by atoms with E-state index in [1.54, 1.807) is 12.1 Å². The van der Waals surface area contributed by atoms with Gasteiger partial charge in [-0.2, -0.15) is 4.31 Å². The van der Waals surface area contributed by atoms with E-state index in [0.717, 1.165) is 5.56 Å². The Morgan fingerprint density at radius 1 is 1.10 bits per heavy atom. The number of benzene rings is 2. The number of aliphatic hydroxyl groups is 1. The fraction of sp³-hybridized carbons (Fsp3) is 0.536. The van der Waals surface area contributed by atoms with Gasteiger partial charge in [0.2, 0.25) is 10.0 Å². The molecule has 6 atom stereocenters. The van der Waals surface area contributed by atoms with Crippen molar-refractivity contribution >= 4 is 16.1 Å². The number of nitrogens with one attached hydrogen (secondary N) is 1. The number of carbonyl (C=O) groups is 1. The third kappa shape index (κ3) is 7.31. The molecule has 2 aromatic rings. The van der Waals surface area contributed by atoms with Gasteiger partial charge >= 0.3 is 6.09 Å². The van der Waals surface area contributed by atoms with Crippen LogP contribution in [0.15, 0.2) is 59.5 Å². The van der Waals surface area contributed by atoms with Gasteiger partial charge in [0.15, 0.2) is 6.29 Å². The summed E-state index contributed by atoms with van der Waals surface area (Å²) in [6.45, 7) is 4.21. The van der Waals surface area contributed by atoms with Crippen molar-refractivity contribution in [3.63, 3.8) is 0 Å². The van der Waals surface area contributed by atoms with Crippen molar-refractivity contribution in [1.82, 2.24) is 9.62 Å². The highest BCUT2D eigenvalue weighted by molar-refractivity contribution is 7.89. The molecule has 220 valence electrons. The number of hydrogen-bond donors (Lipinski definition) is 3. The van der Waals surface area contributed by atoms with Crippen molar-refractivity contribution < 1.29 is 37.3 Å². The number of hydrogen-bond acceptors (Lipinski definition) is 9. The maximum Gasteiger partial charge on any atom is 0.407 e. The number of alkyl carbamates (subject to hydrolysis) is 1. The zero-order chi connectivity index (χ0) is 28.9. The average Bonchev–Trinajstić information content (AvgIpc) is 3.50. The van der Waals surface area contributed by atoms with Gasteiger partial charge in [-0.05, 0) is 42.2 Å². The molecule has 0 bridgehead atoms. The van der Waals surface area contributed by atoms with Crippen LogP contribution >= 0.6 is 0 Å². The van der Waals surface area contributed by atoms with E-state index in [-0.39, 0.29) is 48.9 Å². The Kier molecular flexibility index (Phi) is 10.0. The second-order valence-electron chi connectivity index (χ2n) is 10.6. The molecule has 0 radical (unpaired) electrons. The summed E-state index contributed by atoms with van der Waals surface area (Å²) in [7, 11) is -2.45. The van der Waals surface area contributed by atoms with Crippen LogP contribution in [0.25, 0.3) is 0 Å². The summed E-state index contributed by atoms with van der Waals surface area (Å²) < 4.78 is 50.3. The van der Waals surface area contributed by atoms with E-state index in [4.69, 9.17) is 24.7 Å². The van der Waals surface area contributed by atoms with Crippen LogP contribution in [0.3, 0.4) is 0 Å². The second kappa shape index (κ2) is 13.3. The van der Waals surface area contributed by atoms with E-state index >= 15 is 0 Å². The lowest BCUT2D eigenvalue weighted by Gasteiger charge is -2.31. The van der Waals surface area contributed by atoms with Gasteiger partial charge in [-0.3, -0.25) is 0 Å². The van der Waals surface area contributed by atoms with E-state index in [0.29, 0.717) is 12.4 Å². The molecule has 1 amide bonds. The number of aliphatic hydroxyl groups excluding tert-OH is 1. The number of fused-ring (bicyclic) bond motifs is 1. The molecule has 0 aromatic heterocycles. The van der Waals surface area contributed by atoms with Crippen LogP contribution in [0.5, 0.6) is 5.75 Å². The molecule has 11 nitrogen and oxygen atoms in total. The average molecular weight is 578 g/mol. The van der Waals surface area contributed by atoms with Crippen molar-refractivity contribution in [2.75, 3.05) is 33.4 Å². The molecule has 0 saturated carbocycles. The van der Waals surface area contributed by atoms with Crippen LogP contribution in [0.1, 0.15) is 19.4 Å². The van der Waals surface area contributed by atoms with Crippen LogP contribution in [0.2, 0.25) is 0 Å². The molecule has 0 aliphatic carbocycles. The Labute approximate surface area is 235 Å². The standard InChI is InChI=1S/C28H39N3O8S/c1-18(2)14-31(40(34,35)21-11-9-20(36-3)10-12-21)15-24(32)23(13-19-7-5-4-6-8-19)30-28(33)39-25-17-38-27-26(25)22(29)16-37-27/h4-12,18,22-27,32H,13-17,29H2,1-3H3,(H,30,33)/t22-,23-,24+,25-,26-,27+/m0/s1. The summed E-state index contributed by atoms with van der Waals surface area (Å²) in [6, 6.07) is 14.3. The van der Waals surface area contributed by atoms with Gasteiger partial charge in [0.1, 0.15) is 11.9 Å². The predicted octanol–water partition coefficient (Wildman–Crippen LogP) is 1.74. The van der Waals surface area contributed by atoms with Gasteiger partial charge in [0.05, 0.1) is 43.3 Å². The monoisotopic (exact) mass is 577 g/mol. The second-order valence-corrected chi connectivity index (χ2v) is 12.6. The molecule has 2 aliphatic heterocycles. The maximum atomic E-state index is 13.6. The number of nitrogens with two attached hydrogens (primary N) is 1. The minimum atomic E-state index is -3.96. The molecular formula is C28H39N3O8S. The Morgan fingerprint density at radius 3 is 2.42 bits per heavy atom. The van der Waals surface area contributed by atoms with Crippen molar-refractivity contribution in [3.8, 4) is 5.75 Å². The van der Waals surface area contributed by atoms with Gasteiger partial charge in [-0.15, -0.1) is 0 Å². The van der Waals surface area contributed by atoms with Gasteiger partial charge in [0.25, 0.3) is 0 Å². The number of carbonyl (C=O) groups excluding carboxylic acids is 1. The molecule has 4 N–H and O–H groups in total. The normalized spacial score (nSPS) is 24.1. The lowest BCUT2D eigenvalue weighted by molar-refractivity contribution is -0.0907. The molecule has 0 spiro atoms. The molecule has 4 rings (SSSR count). The Hall–Kier alpha value is -2.74. The summed E-state index contributed by atoms with van der Waals surface area (Å²) in [5.74, 6) is 0.238. The lowest BCUT2D eigenvalue weighted by Crippen LogP contribution is -2.52. The van der Waals surface area contributed by atoms with Gasteiger partial charge in [0, 0.05) is 19.1 Å². The SMILES string of the molecule is COc1ccc(S(=O)(=O)N(CC(C)C)C[C@@H](O)[C@H](Cc2ccccc2)NC(=O)O[C@H]2CO[C@H]3OC[C@H](N)[C@H]32)cc1. The van der Waals surface area contributed by atoms with Crippen LogP contribution in [0, 0.1) is 11.8 Å². The fourth-order valence-electron chi connectivity index (χ4n) is 5.04. The number of nitrogens with zero attached hydrogens (tertiary/aromatic N) is 1. The van der Waals surface area contributed by atoms with Crippen LogP contribution in [0.4, 0.5) is 4.79 Å². The molecule has 2 heterocycles. The zero-order valence-electron chi connectivity index (χ0n) is 23.0. The van der Waals surface area contributed by atoms with E-state index in [1.807, 2.05) is 44.2 Å². The summed E-state index contributed by atoms with van der Waals surface area (Å²) in [5, 5.41) is 14.2. The zero-order valence-corrected chi connectivity index (χ0v) is 23.8. The highest BCUT2D eigenvalue weighted by Gasteiger charge is 2.48. The number of amides is 1. The highest BCUT2D eigenvalue weighted by Crippen LogP contribution is 2.32. The first-order valence-corrected chi connectivity index (χ1v) is 14.8. The van der Waals surface area contributed by atoms with E-state index in [2.05, 4.69) is 5.32 Å². The first kappa shape index (κ1) is 30.2. The predicted molar refractivity (Wildman–Crippen MR) is 147 cm³/mol. The molecule has 2 saturated heterocycles. The van der Waals surface area contributed by atoms with Crippen molar-refractivity contribution in [3.05, 3.63) is 60.2 Å². The van der Waals surface area contributed by atoms with Crippen molar-refractivity contribution in [2.24, 2.45) is 17.6 Å². The van der Waals surface area contributed by atoms with Crippen LogP contribution in [-0.4, -0.2) is 87.9 Å². The molecule has 40 heavy (non-hydrogen) atoms. The van der Waals surface area contributed by atoms with Gasteiger partial charge in [-0.25, -0.2) is 13.2 Å². The van der Waals surface area contributed by atoms with Crippen LogP contribution < -0.4 is 15.8 Å². The van der Waals surface area contributed by atoms with Crippen molar-refractivity contribution in [1.29, 1.82) is 0 Å². The summed E-state index contributed by atoms with van der Waals surface area (Å²) in [6.07, 6.45) is -2.84. The van der Waals surface area contributed by atoms with Gasteiger partial charge in [-0.1, -0.05) is 44.2 Å². The number of rotatable bonds is 12. The van der Waals surface area contributed by atoms with Gasteiger partial charge < -0.3 is 35.1 Å². The third-order valence-corrected chi connectivity index (χ3v) is 8.94. The lowest BCUT2D eigenvalue weighted by atomic mass is 9.99. The first-order valence-electron chi connectivity index (χ1n) is 13.4. The molecule has 2 aromatic carbocycles. The first-order chi connectivity index (χ1) is 19.1. The molecule has 12 heteroatoms. The Morgan fingerprint density at radius 2 is 1.77 bits per heavy atom. The van der Waals surface area contributed by atoms with Crippen molar-refractivity contribution in [2.45, 2.75) is 55.7 Å². The smallest absolute Gasteiger partial charge is 0.407 e. The quantitative estimate of drug-likeness (QED) is 0.343. The number of methoxy groups -OCH3 is 1. The molecular weight excluding hydrogens is 538 g/mol. The molecule has 2 fully saturated rings. The van der Waals surface area contributed by atoms with E-state index in [9.17, 15) is 18.3 Å². The summed E-state index contributed by atoms with van der Waals surface area (Å²) in [4.78, 5) is 13.1. The van der Waals surface area contributed by atoms with E-state index < -0.39 is 40.7 Å². The largest absolute Gasteiger partial charge is 0.497 e. The summed E-state index contributed by atoms with van der Waals surface area (Å²) >= 11 is 0. The summed E-state index contributed by atoms with van der Waals surface area (Å²) in [5.41, 5.74) is 6.97. The topological polar surface area (TPSA) is 150 Å². The fourth-order valence-corrected chi connectivity index (χ4v) is 6.66. The number of ether oxygens (including phenoxy) is 4. The minimum absolute atomic E-state index is 0.0149. The Balaban J connectivity index is 1.51. The molecule has 2 aliphatic rings. The third-order valence-electron chi connectivity index (χ3n) is 7.10. The highest BCUT2D eigenvalue weighted by atomic mass is 32.2. The minimum Gasteiger partial charge on any atom is -0.497 e. The maximum absolute atomic E-state index is 13.6. The molecule has 0 unspecified atom stereocenters. The number of sulfonamides is 1. The van der Waals surface area contributed by atoms with Crippen LogP contribution in [-0.2, 0) is 30.7 Å². The Bertz CT molecular complexity index is 1210.